The van der Waals surface area contributed by atoms with Gasteiger partial charge in [-0.1, -0.05) is 43.2 Å². The van der Waals surface area contributed by atoms with Crippen LogP contribution >= 0.6 is 0 Å². The first-order valence-electron chi connectivity index (χ1n) is 4.27. The fourth-order valence-electron chi connectivity index (χ4n) is 1.18. The Hall–Kier alpha value is -1.55. The van der Waals surface area contributed by atoms with Gasteiger partial charge in [0.05, 0.1) is 6.42 Å². The molecule has 0 fully saturated rings. The lowest BCUT2D eigenvalue weighted by Gasteiger charge is -2.07. The van der Waals surface area contributed by atoms with E-state index in [4.69, 9.17) is 6.42 Å². The minimum absolute atomic E-state index is 0.0859. The predicted octanol–water partition coefficient (Wildman–Crippen LogP) is 2.38. The Labute approximate surface area is 78.8 Å². The minimum Gasteiger partial charge on any atom is -0.298 e. The van der Waals surface area contributed by atoms with Crippen molar-refractivity contribution in [2.24, 2.45) is 0 Å². The maximum atomic E-state index is 11.4. The van der Waals surface area contributed by atoms with Gasteiger partial charge >= 0.3 is 0 Å². The number of hydrogen-bond donors (Lipinski definition) is 0. The summed E-state index contributed by atoms with van der Waals surface area (Å²) >= 11 is 0. The Morgan fingerprint density at radius 3 is 2.62 bits per heavy atom. The molecule has 0 radical (unpaired) electrons. The molecule has 1 rings (SSSR count). The largest absolute Gasteiger partial charge is 0.298 e. The number of carbonyl (C=O) groups is 1. The Bertz CT molecular complexity index is 319. The fraction of sp³-hybridized carbons (Fsp3) is 0.250. The van der Waals surface area contributed by atoms with E-state index in [2.05, 4.69) is 5.92 Å². The highest BCUT2D eigenvalue weighted by atomic mass is 16.1. The number of hydrogen-bond acceptors (Lipinski definition) is 1. The second kappa shape index (κ2) is 4.47. The number of terminal acetylenes is 1. The molecule has 13 heavy (non-hydrogen) atoms. The van der Waals surface area contributed by atoms with Crippen molar-refractivity contribution in [3.05, 3.63) is 35.9 Å². The van der Waals surface area contributed by atoms with Crippen LogP contribution in [0.15, 0.2) is 30.3 Å². The molecule has 0 amide bonds. The Morgan fingerprint density at radius 1 is 1.46 bits per heavy atom. The summed E-state index contributed by atoms with van der Waals surface area (Å²) in [5.41, 5.74) is 1.03. The molecular formula is C12H12O. The molecule has 0 aliphatic rings. The third-order valence-corrected chi connectivity index (χ3v) is 2.06. The van der Waals surface area contributed by atoms with Gasteiger partial charge in [-0.3, -0.25) is 4.79 Å². The van der Waals surface area contributed by atoms with E-state index in [0.717, 1.165) is 5.56 Å². The summed E-state index contributed by atoms with van der Waals surface area (Å²) in [6.07, 6.45) is 5.29. The van der Waals surface area contributed by atoms with E-state index in [1.807, 2.05) is 37.3 Å². The third kappa shape index (κ3) is 2.45. The van der Waals surface area contributed by atoms with Gasteiger partial charge in [-0.05, 0) is 5.56 Å². The van der Waals surface area contributed by atoms with Gasteiger partial charge in [0.2, 0.25) is 0 Å². The first-order chi connectivity index (χ1) is 6.25. The normalized spacial score (nSPS) is 11.7. The average Bonchev–Trinajstić information content (AvgIpc) is 2.18. The Morgan fingerprint density at radius 2 is 2.08 bits per heavy atom. The number of rotatable bonds is 3. The molecule has 0 spiro atoms. The highest BCUT2D eigenvalue weighted by molar-refractivity contribution is 5.87. The number of ketones is 1. The molecule has 1 nitrogen and oxygen atoms in total. The zero-order valence-electron chi connectivity index (χ0n) is 7.66. The van der Waals surface area contributed by atoms with Gasteiger partial charge in [0.15, 0.2) is 5.78 Å². The molecule has 0 saturated heterocycles. The summed E-state index contributed by atoms with van der Waals surface area (Å²) in [6, 6.07) is 9.67. The highest BCUT2D eigenvalue weighted by Crippen LogP contribution is 2.16. The molecule has 1 aromatic rings. The van der Waals surface area contributed by atoms with Crippen LogP contribution in [0.2, 0.25) is 0 Å². The highest BCUT2D eigenvalue weighted by Gasteiger charge is 2.12. The van der Waals surface area contributed by atoms with Crippen LogP contribution in [0, 0.1) is 12.3 Å². The zero-order chi connectivity index (χ0) is 9.68. The Kier molecular flexibility index (Phi) is 3.28. The van der Waals surface area contributed by atoms with Crippen LogP contribution in [0.1, 0.15) is 24.8 Å². The molecule has 0 bridgehead atoms. The van der Waals surface area contributed by atoms with E-state index in [9.17, 15) is 4.79 Å². The van der Waals surface area contributed by atoms with E-state index in [0.29, 0.717) is 0 Å². The van der Waals surface area contributed by atoms with E-state index >= 15 is 0 Å². The first kappa shape index (κ1) is 9.54. The van der Waals surface area contributed by atoms with Crippen LogP contribution in [0.5, 0.6) is 0 Å². The SMILES string of the molecule is C#CCC(=O)C(C)c1ccccc1. The van der Waals surface area contributed by atoms with Gasteiger partial charge < -0.3 is 0 Å². The lowest BCUT2D eigenvalue weighted by molar-refractivity contribution is -0.119. The summed E-state index contributed by atoms with van der Waals surface area (Å²) in [6.45, 7) is 1.88. The maximum Gasteiger partial charge on any atom is 0.151 e. The lowest BCUT2D eigenvalue weighted by Crippen LogP contribution is -2.07. The van der Waals surface area contributed by atoms with Crippen molar-refractivity contribution in [2.75, 3.05) is 0 Å². The summed E-state index contributed by atoms with van der Waals surface area (Å²) in [5, 5.41) is 0. The lowest BCUT2D eigenvalue weighted by atomic mass is 9.95. The standard InChI is InChI=1S/C12H12O/c1-3-7-12(13)10(2)11-8-5-4-6-9-11/h1,4-6,8-10H,7H2,2H3. The quantitative estimate of drug-likeness (QED) is 0.640. The van der Waals surface area contributed by atoms with Crippen LogP contribution < -0.4 is 0 Å². The monoisotopic (exact) mass is 172 g/mol. The second-order valence-electron chi connectivity index (χ2n) is 2.98. The molecule has 1 heteroatoms. The van der Waals surface area contributed by atoms with Crippen molar-refractivity contribution in [1.82, 2.24) is 0 Å². The Balaban J connectivity index is 2.75. The van der Waals surface area contributed by atoms with E-state index < -0.39 is 0 Å². The number of carbonyl (C=O) groups excluding carboxylic acids is 1. The number of Topliss-reactive ketones (excluding diaryl/α,β-unsaturated/α-hetero) is 1. The molecule has 0 heterocycles. The molecule has 0 aliphatic carbocycles. The van der Waals surface area contributed by atoms with Gasteiger partial charge in [0, 0.05) is 5.92 Å². The molecule has 1 unspecified atom stereocenters. The maximum absolute atomic E-state index is 11.4. The van der Waals surface area contributed by atoms with Gasteiger partial charge in [-0.2, -0.15) is 0 Å². The summed E-state index contributed by atoms with van der Waals surface area (Å²) in [5.74, 6) is 2.39. The van der Waals surface area contributed by atoms with Crippen LogP contribution in [0.3, 0.4) is 0 Å². The third-order valence-electron chi connectivity index (χ3n) is 2.06. The average molecular weight is 172 g/mol. The van der Waals surface area contributed by atoms with Gasteiger partial charge in [-0.15, -0.1) is 6.42 Å². The minimum atomic E-state index is -0.0859. The van der Waals surface area contributed by atoms with Crippen molar-refractivity contribution in [2.45, 2.75) is 19.3 Å². The van der Waals surface area contributed by atoms with Crippen molar-refractivity contribution >= 4 is 5.78 Å². The molecule has 0 N–H and O–H groups in total. The van der Waals surface area contributed by atoms with Crippen LogP contribution in [0.4, 0.5) is 0 Å². The van der Waals surface area contributed by atoms with Crippen molar-refractivity contribution in [3.63, 3.8) is 0 Å². The summed E-state index contributed by atoms with van der Waals surface area (Å²) in [4.78, 5) is 11.4. The predicted molar refractivity (Wildman–Crippen MR) is 53.3 cm³/mol. The molecule has 1 atom stereocenters. The molecular weight excluding hydrogens is 160 g/mol. The van der Waals surface area contributed by atoms with E-state index in [1.165, 1.54) is 0 Å². The van der Waals surface area contributed by atoms with Gasteiger partial charge in [0.25, 0.3) is 0 Å². The molecule has 0 saturated carbocycles. The van der Waals surface area contributed by atoms with Crippen LogP contribution in [-0.4, -0.2) is 5.78 Å². The van der Waals surface area contributed by atoms with Crippen LogP contribution in [0.25, 0.3) is 0 Å². The smallest absolute Gasteiger partial charge is 0.151 e. The van der Waals surface area contributed by atoms with Gasteiger partial charge in [0.1, 0.15) is 0 Å². The summed E-state index contributed by atoms with van der Waals surface area (Å²) < 4.78 is 0. The zero-order valence-corrected chi connectivity index (χ0v) is 7.66. The number of benzene rings is 1. The summed E-state index contributed by atoms with van der Waals surface area (Å²) in [7, 11) is 0. The molecule has 0 aromatic heterocycles. The first-order valence-corrected chi connectivity index (χ1v) is 4.27. The van der Waals surface area contributed by atoms with Gasteiger partial charge in [-0.25, -0.2) is 0 Å². The second-order valence-corrected chi connectivity index (χ2v) is 2.98. The van der Waals surface area contributed by atoms with Crippen molar-refractivity contribution in [3.8, 4) is 12.3 Å². The molecule has 1 aromatic carbocycles. The van der Waals surface area contributed by atoms with Crippen molar-refractivity contribution < 1.29 is 4.79 Å². The molecule has 66 valence electrons. The topological polar surface area (TPSA) is 17.1 Å². The van der Waals surface area contributed by atoms with Crippen molar-refractivity contribution in [1.29, 1.82) is 0 Å². The van der Waals surface area contributed by atoms with E-state index in [-0.39, 0.29) is 18.1 Å². The molecule has 0 aliphatic heterocycles. The fourth-order valence-corrected chi connectivity index (χ4v) is 1.18. The van der Waals surface area contributed by atoms with E-state index in [1.54, 1.807) is 0 Å². The van der Waals surface area contributed by atoms with Crippen LogP contribution in [-0.2, 0) is 4.79 Å².